The molecule has 9 heteroatoms. The van der Waals surface area contributed by atoms with Gasteiger partial charge in [0.05, 0.1) is 18.6 Å². The number of nitrogens with two attached hydrogens (primary N) is 3. The zero-order valence-corrected chi connectivity index (χ0v) is 30.1. The maximum absolute atomic E-state index is 12.0. The Hall–Kier alpha value is -2.55. The van der Waals surface area contributed by atoms with Crippen molar-refractivity contribution in [1.29, 1.82) is 0 Å². The minimum absolute atomic E-state index is 0.0347. The van der Waals surface area contributed by atoms with E-state index < -0.39 is 17.9 Å². The van der Waals surface area contributed by atoms with Gasteiger partial charge in [0.1, 0.15) is 11.8 Å². The van der Waals surface area contributed by atoms with E-state index >= 15 is 0 Å². The van der Waals surface area contributed by atoms with E-state index in [0.717, 1.165) is 22.8 Å². The number of piperidine rings is 1. The van der Waals surface area contributed by atoms with Crippen LogP contribution in [0, 0.1) is 24.7 Å². The van der Waals surface area contributed by atoms with Gasteiger partial charge in [0.15, 0.2) is 5.78 Å². The van der Waals surface area contributed by atoms with Gasteiger partial charge in [-0.25, -0.2) is 0 Å². The number of fused-ring (bicyclic) bond motifs is 1. The molecule has 1 heterocycles. The zero-order valence-electron chi connectivity index (χ0n) is 30.1. The average molecular weight is 657 g/mol. The molecule has 2 aliphatic carbocycles. The Morgan fingerprint density at radius 3 is 2.15 bits per heavy atom. The number of nitrogens with one attached hydrogen (secondary N) is 3. The molecule has 3 aliphatic rings. The van der Waals surface area contributed by atoms with Gasteiger partial charge in [-0.05, 0) is 77.4 Å². The van der Waals surface area contributed by atoms with Crippen LogP contribution in [0.2, 0.25) is 0 Å². The molecule has 5 unspecified atom stereocenters. The molecular formula is C38H68N6O3. The lowest BCUT2D eigenvalue weighted by atomic mass is 9.81. The summed E-state index contributed by atoms with van der Waals surface area (Å²) in [6.07, 6.45) is 21.9. The molecule has 3 fully saturated rings. The van der Waals surface area contributed by atoms with Gasteiger partial charge in [0, 0.05) is 11.7 Å². The molecule has 0 spiro atoms. The summed E-state index contributed by atoms with van der Waals surface area (Å²) < 4.78 is 0. The number of aliphatic hydroxyl groups is 1. The van der Waals surface area contributed by atoms with Gasteiger partial charge in [-0.1, -0.05) is 101 Å². The van der Waals surface area contributed by atoms with Crippen molar-refractivity contribution in [3.8, 4) is 12.8 Å². The number of hydrogen-bond donors (Lipinski definition) is 7. The summed E-state index contributed by atoms with van der Waals surface area (Å²) >= 11 is 0. The second kappa shape index (κ2) is 25.5. The smallest absolute Gasteiger partial charge is 0.180 e. The highest BCUT2D eigenvalue weighted by molar-refractivity contribution is 5.87. The van der Waals surface area contributed by atoms with Crippen LogP contribution in [0.4, 0.5) is 0 Å². The highest BCUT2D eigenvalue weighted by Gasteiger charge is 2.42. The standard InChI is InChI=1S/C19H30N4O2.C10H19NO.C6H12.C2H2.CH5N/c1-13(2)18(16-8-6-5-7-9-16)23-14(3)12-22-25-15(4)19(24)17(21)10-11-20;1-7-6-8-4-3-5-9(8)11-10(7,2)12;1-2-4-6-5-3-1;2*1-2/h5-9,15,17-18,22-23H,1,3,10-12,20-21H2,2,4H3;7-9,11-12H,3-6H2,1-2H3;1-6H2;1-2H;2H2,1H3/t15?,17?,18-;7?,8-,9?,10?;;;/m10.../s1. The highest BCUT2D eigenvalue weighted by atomic mass is 16.7. The Kier molecular flexibility index (Phi) is 24.1. The summed E-state index contributed by atoms with van der Waals surface area (Å²) in [6.45, 7) is 16.4. The number of Topliss-reactive ketones (excluding diaryl/α,β-unsaturated/α-hetero) is 1. The van der Waals surface area contributed by atoms with E-state index in [4.69, 9.17) is 16.3 Å². The molecule has 1 aliphatic heterocycles. The number of carbonyl (C=O) groups excluding carboxylic acids is 1. The second-order valence-electron chi connectivity index (χ2n) is 13.0. The summed E-state index contributed by atoms with van der Waals surface area (Å²) in [5, 5.41) is 16.7. The molecular weight excluding hydrogens is 588 g/mol. The third kappa shape index (κ3) is 17.4. The molecule has 9 nitrogen and oxygen atoms in total. The van der Waals surface area contributed by atoms with Gasteiger partial charge < -0.3 is 27.6 Å². The third-order valence-electron chi connectivity index (χ3n) is 9.02. The first-order chi connectivity index (χ1) is 22.5. The van der Waals surface area contributed by atoms with Gasteiger partial charge in [0.2, 0.25) is 0 Å². The quantitative estimate of drug-likeness (QED) is 0.0909. The van der Waals surface area contributed by atoms with E-state index in [9.17, 15) is 9.90 Å². The van der Waals surface area contributed by atoms with Gasteiger partial charge in [-0.15, -0.1) is 12.8 Å². The summed E-state index contributed by atoms with van der Waals surface area (Å²) in [5.74, 6) is 1.05. The monoisotopic (exact) mass is 657 g/mol. The normalized spacial score (nSPS) is 24.6. The highest BCUT2D eigenvalue weighted by Crippen LogP contribution is 2.39. The number of hydrogen-bond acceptors (Lipinski definition) is 9. The van der Waals surface area contributed by atoms with E-state index in [1.807, 2.05) is 44.2 Å². The van der Waals surface area contributed by atoms with Crippen LogP contribution in [0.1, 0.15) is 110 Å². The predicted molar refractivity (Wildman–Crippen MR) is 198 cm³/mol. The van der Waals surface area contributed by atoms with Crippen molar-refractivity contribution in [2.24, 2.45) is 29.0 Å². The Bertz CT molecular complexity index is 1000. The van der Waals surface area contributed by atoms with E-state index in [0.29, 0.717) is 31.5 Å². The fraction of sp³-hybridized carbons (Fsp3) is 0.658. The van der Waals surface area contributed by atoms with E-state index in [1.54, 1.807) is 6.92 Å². The Labute approximate surface area is 286 Å². The molecule has 7 atom stereocenters. The minimum Gasteiger partial charge on any atom is -0.377 e. The van der Waals surface area contributed by atoms with E-state index in [2.05, 4.69) is 54.8 Å². The van der Waals surface area contributed by atoms with Crippen LogP contribution in [0.3, 0.4) is 0 Å². The van der Waals surface area contributed by atoms with Gasteiger partial charge in [0.25, 0.3) is 0 Å². The number of benzene rings is 1. The summed E-state index contributed by atoms with van der Waals surface area (Å²) in [6, 6.07) is 9.95. The van der Waals surface area contributed by atoms with Gasteiger partial charge in [-0.2, -0.15) is 5.48 Å². The fourth-order valence-corrected chi connectivity index (χ4v) is 6.10. The van der Waals surface area contributed by atoms with Crippen LogP contribution in [-0.2, 0) is 9.63 Å². The van der Waals surface area contributed by atoms with Crippen molar-refractivity contribution in [2.75, 3.05) is 20.1 Å². The first-order valence-electron chi connectivity index (χ1n) is 17.4. The number of hydroxylamine groups is 1. The van der Waals surface area contributed by atoms with Crippen LogP contribution < -0.4 is 33.3 Å². The molecule has 0 amide bonds. The van der Waals surface area contributed by atoms with Crippen LogP contribution in [0.25, 0.3) is 0 Å². The molecule has 2 saturated carbocycles. The predicted octanol–water partition coefficient (Wildman–Crippen LogP) is 5.22. The lowest BCUT2D eigenvalue weighted by Crippen LogP contribution is -2.58. The number of terminal acetylenes is 1. The molecule has 0 bridgehead atoms. The average Bonchev–Trinajstić information content (AvgIpc) is 3.53. The van der Waals surface area contributed by atoms with Crippen LogP contribution in [0.15, 0.2) is 54.8 Å². The van der Waals surface area contributed by atoms with Crippen LogP contribution in [0.5, 0.6) is 0 Å². The number of carbonyl (C=O) groups is 1. The van der Waals surface area contributed by atoms with Crippen LogP contribution in [-0.4, -0.2) is 54.9 Å². The topological polar surface area (TPSA) is 161 Å². The number of ketones is 1. The first kappa shape index (κ1) is 44.5. The lowest BCUT2D eigenvalue weighted by molar-refractivity contribution is -0.135. The van der Waals surface area contributed by atoms with E-state index in [1.165, 1.54) is 71.3 Å². The Morgan fingerprint density at radius 1 is 1.09 bits per heavy atom. The molecule has 1 saturated heterocycles. The van der Waals surface area contributed by atoms with Crippen LogP contribution >= 0.6 is 0 Å². The maximum Gasteiger partial charge on any atom is 0.180 e. The van der Waals surface area contributed by atoms with E-state index in [-0.39, 0.29) is 11.8 Å². The molecule has 0 radical (unpaired) electrons. The molecule has 1 aromatic carbocycles. The van der Waals surface area contributed by atoms with Crippen molar-refractivity contribution >= 4 is 5.78 Å². The molecule has 4 rings (SSSR count). The van der Waals surface area contributed by atoms with Crippen molar-refractivity contribution < 1.29 is 14.7 Å². The molecule has 10 N–H and O–H groups in total. The van der Waals surface area contributed by atoms with Crippen molar-refractivity contribution in [1.82, 2.24) is 16.1 Å². The maximum atomic E-state index is 12.0. The molecule has 47 heavy (non-hydrogen) atoms. The Morgan fingerprint density at radius 2 is 1.64 bits per heavy atom. The van der Waals surface area contributed by atoms with Crippen molar-refractivity contribution in [3.63, 3.8) is 0 Å². The fourth-order valence-electron chi connectivity index (χ4n) is 6.10. The van der Waals surface area contributed by atoms with Gasteiger partial charge >= 0.3 is 0 Å². The lowest BCUT2D eigenvalue weighted by Gasteiger charge is -2.42. The SMILES string of the molecule is C#C.C1CCCCC1.C=C(CNOC(C)C(=O)C(N)CCN)N[C@H](C(=C)C)c1ccccc1.CC1C[C@@H]2CCCC2NC1(C)O.CN. The minimum atomic E-state index is -0.652. The van der Waals surface area contributed by atoms with Crippen molar-refractivity contribution in [3.05, 3.63) is 60.3 Å². The molecule has 1 aromatic rings. The van der Waals surface area contributed by atoms with Gasteiger partial charge in [-0.3, -0.25) is 14.9 Å². The third-order valence-corrected chi connectivity index (χ3v) is 9.02. The molecule has 0 aromatic heterocycles. The largest absolute Gasteiger partial charge is 0.377 e. The van der Waals surface area contributed by atoms with Crippen molar-refractivity contribution in [2.45, 2.75) is 128 Å². The molecule has 268 valence electrons. The summed E-state index contributed by atoms with van der Waals surface area (Å²) in [4.78, 5) is 17.3. The summed E-state index contributed by atoms with van der Waals surface area (Å²) in [5.41, 5.74) is 20.6. The number of rotatable bonds is 12. The Balaban J connectivity index is 0.000000781. The first-order valence-corrected chi connectivity index (χ1v) is 17.4. The second-order valence-corrected chi connectivity index (χ2v) is 13.0. The summed E-state index contributed by atoms with van der Waals surface area (Å²) in [7, 11) is 1.50. The zero-order chi connectivity index (χ0) is 35.8.